The van der Waals surface area contributed by atoms with Crippen molar-refractivity contribution in [3.05, 3.63) is 39.9 Å². The maximum absolute atomic E-state index is 13.2. The quantitative estimate of drug-likeness (QED) is 0.425. The Bertz CT molecular complexity index is 918. The minimum absolute atomic E-state index is 0.000687. The monoisotopic (exact) mass is 467 g/mol. The molecule has 1 aromatic carbocycles. The number of amides is 2. The van der Waals surface area contributed by atoms with Crippen LogP contribution in [-0.4, -0.2) is 23.4 Å². The van der Waals surface area contributed by atoms with Gasteiger partial charge in [0.25, 0.3) is 0 Å². The highest BCUT2D eigenvalue weighted by molar-refractivity contribution is 7.97. The first kappa shape index (κ1) is 22.0. The van der Waals surface area contributed by atoms with Gasteiger partial charge in [-0.1, -0.05) is 54.8 Å². The van der Waals surface area contributed by atoms with Crippen molar-refractivity contribution in [1.29, 1.82) is 0 Å². The van der Waals surface area contributed by atoms with E-state index in [9.17, 15) is 9.59 Å². The summed E-state index contributed by atoms with van der Waals surface area (Å²) in [5.41, 5.74) is 5.85. The summed E-state index contributed by atoms with van der Waals surface area (Å²) in [6.45, 7) is 4.08. The number of nitrogens with one attached hydrogen (secondary N) is 2. The highest BCUT2D eigenvalue weighted by Crippen LogP contribution is 2.48. The second-order valence-electron chi connectivity index (χ2n) is 9.29. The summed E-state index contributed by atoms with van der Waals surface area (Å²) in [7, 11) is 0. The number of benzene rings is 1. The number of carbonyl (C=O) groups is 2. The molecule has 2 saturated carbocycles. The molecule has 4 rings (SSSR count). The fourth-order valence-electron chi connectivity index (χ4n) is 4.86. The van der Waals surface area contributed by atoms with E-state index in [0.717, 1.165) is 30.6 Å². The van der Waals surface area contributed by atoms with E-state index < -0.39 is 11.0 Å². The fraction of sp³-hybridized carbons (Fsp3) is 0.545. The molecule has 30 heavy (non-hydrogen) atoms. The molecule has 0 radical (unpaired) electrons. The van der Waals surface area contributed by atoms with Crippen LogP contribution in [0.4, 0.5) is 0 Å². The van der Waals surface area contributed by atoms with Crippen LogP contribution in [0.1, 0.15) is 46.0 Å². The molecule has 2 fully saturated rings. The van der Waals surface area contributed by atoms with Crippen LogP contribution in [0.3, 0.4) is 0 Å². The largest absolute Gasteiger partial charge is 0.369 e. The van der Waals surface area contributed by atoms with Crippen molar-refractivity contribution in [2.75, 3.05) is 0 Å². The molecule has 0 heterocycles. The van der Waals surface area contributed by atoms with Crippen molar-refractivity contribution < 1.29 is 9.59 Å². The number of halogens is 2. The third-order valence-corrected chi connectivity index (χ3v) is 8.76. The summed E-state index contributed by atoms with van der Waals surface area (Å²) < 4.78 is 3.32. The van der Waals surface area contributed by atoms with Crippen molar-refractivity contribution >= 4 is 47.0 Å². The van der Waals surface area contributed by atoms with Crippen LogP contribution in [0.15, 0.2) is 34.7 Å². The van der Waals surface area contributed by atoms with Crippen LogP contribution in [-0.2, 0) is 9.59 Å². The standard InChI is InChI=1S/C22H27Cl2N3O2S/c1-12-8-13-9-14(11-21(2,10-13)19(25)28)18(12)26-20(29)22(6-7-22)27-30-16-5-3-4-15(23)17(16)24/h3-5,8,12,14,18,27H,6-7,9-11H2,1-2H3,(H2,25,28)(H,26,29). The van der Waals surface area contributed by atoms with E-state index in [4.69, 9.17) is 28.9 Å². The molecule has 4 unspecified atom stereocenters. The van der Waals surface area contributed by atoms with E-state index in [1.807, 2.05) is 19.1 Å². The predicted molar refractivity (Wildman–Crippen MR) is 121 cm³/mol. The van der Waals surface area contributed by atoms with Gasteiger partial charge in [-0.25, -0.2) is 4.72 Å². The summed E-state index contributed by atoms with van der Waals surface area (Å²) in [6.07, 6.45) is 6.13. The molecule has 4 N–H and O–H groups in total. The number of hydrogen-bond acceptors (Lipinski definition) is 4. The molecule has 4 atom stereocenters. The van der Waals surface area contributed by atoms with Gasteiger partial charge < -0.3 is 11.1 Å². The first-order valence-corrected chi connectivity index (χ1v) is 11.9. The number of carbonyl (C=O) groups excluding carboxylic acids is 2. The van der Waals surface area contributed by atoms with E-state index in [-0.39, 0.29) is 29.7 Å². The summed E-state index contributed by atoms with van der Waals surface area (Å²) >= 11 is 13.7. The van der Waals surface area contributed by atoms with Gasteiger partial charge >= 0.3 is 0 Å². The average Bonchev–Trinajstić information content (AvgIpc) is 3.47. The zero-order valence-electron chi connectivity index (χ0n) is 17.1. The van der Waals surface area contributed by atoms with E-state index in [1.165, 1.54) is 17.5 Å². The normalized spacial score (nSPS) is 31.6. The third kappa shape index (κ3) is 4.12. The second kappa shape index (κ2) is 8.05. The molecule has 0 spiro atoms. The van der Waals surface area contributed by atoms with Crippen LogP contribution < -0.4 is 15.8 Å². The molecular formula is C22H27Cl2N3O2S. The third-order valence-electron chi connectivity index (χ3n) is 6.78. The first-order valence-electron chi connectivity index (χ1n) is 10.3. The lowest BCUT2D eigenvalue weighted by molar-refractivity contribution is -0.129. The van der Waals surface area contributed by atoms with Gasteiger partial charge in [-0.15, -0.1) is 0 Å². The molecule has 0 aromatic heterocycles. The maximum atomic E-state index is 13.2. The number of allylic oxidation sites excluding steroid dienone is 1. The Morgan fingerprint density at radius 2 is 2.00 bits per heavy atom. The lowest BCUT2D eigenvalue weighted by Gasteiger charge is -2.46. The maximum Gasteiger partial charge on any atom is 0.241 e. The van der Waals surface area contributed by atoms with E-state index >= 15 is 0 Å². The molecule has 2 bridgehead atoms. The molecule has 3 aliphatic rings. The predicted octanol–water partition coefficient (Wildman–Crippen LogP) is 4.48. The van der Waals surface area contributed by atoms with E-state index in [1.54, 1.807) is 6.07 Å². The Morgan fingerprint density at radius 3 is 2.67 bits per heavy atom. The van der Waals surface area contributed by atoms with Crippen molar-refractivity contribution in [2.45, 2.75) is 62.4 Å². The summed E-state index contributed by atoms with van der Waals surface area (Å²) in [6, 6.07) is 5.45. The number of rotatable bonds is 6. The Kier molecular flexibility index (Phi) is 5.90. The molecule has 2 amide bonds. The Labute approximate surface area is 191 Å². The van der Waals surface area contributed by atoms with Gasteiger partial charge in [0.1, 0.15) is 5.54 Å². The Balaban J connectivity index is 1.44. The Morgan fingerprint density at radius 1 is 1.27 bits per heavy atom. The minimum atomic E-state index is -0.596. The summed E-state index contributed by atoms with van der Waals surface area (Å²) in [5, 5.41) is 4.27. The number of hydrogen-bond donors (Lipinski definition) is 3. The molecular weight excluding hydrogens is 441 g/mol. The average molecular weight is 468 g/mol. The molecule has 162 valence electrons. The van der Waals surface area contributed by atoms with Gasteiger partial charge in [0, 0.05) is 10.9 Å². The van der Waals surface area contributed by atoms with Crippen LogP contribution in [0, 0.1) is 17.3 Å². The minimum Gasteiger partial charge on any atom is -0.369 e. The smallest absolute Gasteiger partial charge is 0.241 e. The molecule has 8 heteroatoms. The van der Waals surface area contributed by atoms with Crippen LogP contribution in [0.5, 0.6) is 0 Å². The number of primary amides is 1. The lowest BCUT2D eigenvalue weighted by Crippen LogP contribution is -2.55. The van der Waals surface area contributed by atoms with Crippen LogP contribution in [0.25, 0.3) is 0 Å². The van der Waals surface area contributed by atoms with E-state index in [2.05, 4.69) is 23.0 Å². The second-order valence-corrected chi connectivity index (χ2v) is 10.9. The zero-order valence-corrected chi connectivity index (χ0v) is 19.5. The van der Waals surface area contributed by atoms with Gasteiger partial charge in [0.15, 0.2) is 0 Å². The summed E-state index contributed by atoms with van der Waals surface area (Å²) in [4.78, 5) is 26.0. The van der Waals surface area contributed by atoms with Gasteiger partial charge in [0.2, 0.25) is 11.8 Å². The van der Waals surface area contributed by atoms with Crippen molar-refractivity contribution in [3.63, 3.8) is 0 Å². The van der Waals surface area contributed by atoms with Crippen molar-refractivity contribution in [1.82, 2.24) is 10.0 Å². The zero-order chi connectivity index (χ0) is 21.7. The molecule has 3 aliphatic carbocycles. The van der Waals surface area contributed by atoms with Gasteiger partial charge in [-0.3, -0.25) is 9.59 Å². The van der Waals surface area contributed by atoms with Crippen molar-refractivity contribution in [3.8, 4) is 0 Å². The van der Waals surface area contributed by atoms with Gasteiger partial charge in [-0.05, 0) is 68.0 Å². The molecule has 5 nitrogen and oxygen atoms in total. The number of fused-ring (bicyclic) bond motifs is 2. The van der Waals surface area contributed by atoms with Gasteiger partial charge in [-0.2, -0.15) is 0 Å². The molecule has 1 aromatic rings. The highest BCUT2D eigenvalue weighted by atomic mass is 35.5. The van der Waals surface area contributed by atoms with Crippen LogP contribution >= 0.6 is 35.1 Å². The van der Waals surface area contributed by atoms with Crippen LogP contribution in [0.2, 0.25) is 10.0 Å². The highest BCUT2D eigenvalue weighted by Gasteiger charge is 2.52. The number of nitrogens with two attached hydrogens (primary N) is 1. The van der Waals surface area contributed by atoms with Gasteiger partial charge in [0.05, 0.1) is 15.5 Å². The SMILES string of the molecule is CC1C=C2CC(CC(C)(C(N)=O)C2)C1NC(=O)C1(NSc2cccc(Cl)c2Cl)CC1. The van der Waals surface area contributed by atoms with E-state index in [0.29, 0.717) is 16.5 Å². The molecule has 0 saturated heterocycles. The fourth-order valence-corrected chi connectivity index (χ4v) is 6.28. The molecule has 0 aliphatic heterocycles. The topological polar surface area (TPSA) is 84.2 Å². The Hall–Kier alpha value is -1.21. The summed E-state index contributed by atoms with van der Waals surface area (Å²) in [5.74, 6) is 0.202. The first-order chi connectivity index (χ1) is 14.1. The lowest BCUT2D eigenvalue weighted by atomic mass is 9.61. The van der Waals surface area contributed by atoms with Crippen molar-refractivity contribution in [2.24, 2.45) is 23.0 Å².